The SMILES string of the molecule is CCN(Cc1ccc(-c2noc(C(F)(F)F)n2)cc1)C(=O)CCOC. The maximum absolute atomic E-state index is 12.5. The van der Waals surface area contributed by atoms with Crippen molar-refractivity contribution in [1.82, 2.24) is 15.0 Å². The predicted octanol–water partition coefficient (Wildman–Crippen LogP) is 3.14. The van der Waals surface area contributed by atoms with Crippen LogP contribution in [0.15, 0.2) is 28.8 Å². The van der Waals surface area contributed by atoms with Gasteiger partial charge in [0, 0.05) is 25.8 Å². The van der Waals surface area contributed by atoms with Crippen LogP contribution in [0.4, 0.5) is 13.2 Å². The number of hydrogen-bond acceptors (Lipinski definition) is 5. The third-order valence-electron chi connectivity index (χ3n) is 3.51. The standard InChI is InChI=1S/C16H18F3N3O3/c1-3-22(13(23)8-9-24-2)10-11-4-6-12(7-5-11)14-20-15(25-21-14)16(17,18)19/h4-7H,3,8-10H2,1-2H3. The Kier molecular flexibility index (Phi) is 6.13. The molecule has 0 N–H and O–H groups in total. The normalized spacial score (nSPS) is 11.6. The fourth-order valence-electron chi connectivity index (χ4n) is 2.16. The van der Waals surface area contributed by atoms with Gasteiger partial charge in [0.1, 0.15) is 0 Å². The molecule has 0 spiro atoms. The Morgan fingerprint density at radius 3 is 2.48 bits per heavy atom. The number of carbonyl (C=O) groups excluding carboxylic acids is 1. The smallest absolute Gasteiger partial charge is 0.384 e. The molecule has 0 bridgehead atoms. The van der Waals surface area contributed by atoms with Crippen molar-refractivity contribution in [2.24, 2.45) is 0 Å². The van der Waals surface area contributed by atoms with Crippen LogP contribution in [-0.4, -0.2) is 41.2 Å². The third kappa shape index (κ3) is 5.02. The van der Waals surface area contributed by atoms with E-state index in [-0.39, 0.29) is 11.7 Å². The van der Waals surface area contributed by atoms with Crippen molar-refractivity contribution in [2.45, 2.75) is 26.1 Å². The van der Waals surface area contributed by atoms with Gasteiger partial charge in [-0.1, -0.05) is 29.4 Å². The molecular weight excluding hydrogens is 339 g/mol. The average molecular weight is 357 g/mol. The first kappa shape index (κ1) is 18.9. The summed E-state index contributed by atoms with van der Waals surface area (Å²) in [6, 6.07) is 6.61. The fourth-order valence-corrected chi connectivity index (χ4v) is 2.16. The highest BCUT2D eigenvalue weighted by molar-refractivity contribution is 5.76. The Hall–Kier alpha value is -2.42. The molecule has 0 fully saturated rings. The van der Waals surface area contributed by atoms with Crippen LogP contribution in [0.3, 0.4) is 0 Å². The molecule has 1 amide bonds. The number of aromatic nitrogens is 2. The molecule has 2 aromatic rings. The van der Waals surface area contributed by atoms with Crippen LogP contribution >= 0.6 is 0 Å². The zero-order valence-corrected chi connectivity index (χ0v) is 13.8. The van der Waals surface area contributed by atoms with E-state index in [1.54, 1.807) is 29.2 Å². The van der Waals surface area contributed by atoms with Crippen molar-refractivity contribution in [2.75, 3.05) is 20.3 Å². The second-order valence-corrected chi connectivity index (χ2v) is 5.27. The van der Waals surface area contributed by atoms with E-state index in [9.17, 15) is 18.0 Å². The van der Waals surface area contributed by atoms with Gasteiger partial charge in [-0.25, -0.2) is 0 Å². The molecule has 1 aromatic carbocycles. The molecule has 0 saturated heterocycles. The number of rotatable bonds is 7. The van der Waals surface area contributed by atoms with Gasteiger partial charge in [0.2, 0.25) is 11.7 Å². The molecule has 0 radical (unpaired) electrons. The van der Waals surface area contributed by atoms with Crippen LogP contribution in [0, 0.1) is 0 Å². The Bertz CT molecular complexity index is 699. The van der Waals surface area contributed by atoms with Crippen LogP contribution < -0.4 is 0 Å². The summed E-state index contributed by atoms with van der Waals surface area (Å²) in [4.78, 5) is 17.0. The monoisotopic (exact) mass is 357 g/mol. The molecule has 25 heavy (non-hydrogen) atoms. The van der Waals surface area contributed by atoms with E-state index in [1.165, 1.54) is 7.11 Å². The van der Waals surface area contributed by atoms with E-state index in [4.69, 9.17) is 4.74 Å². The number of halogens is 3. The molecule has 2 rings (SSSR count). The van der Waals surface area contributed by atoms with Crippen molar-refractivity contribution >= 4 is 5.91 Å². The number of ether oxygens (including phenoxy) is 1. The molecule has 0 aliphatic rings. The highest BCUT2D eigenvalue weighted by atomic mass is 19.4. The summed E-state index contributed by atoms with van der Waals surface area (Å²) in [7, 11) is 1.53. The maximum Gasteiger partial charge on any atom is 0.471 e. The van der Waals surface area contributed by atoms with Crippen molar-refractivity contribution in [3.8, 4) is 11.4 Å². The molecule has 1 heterocycles. The Morgan fingerprint density at radius 1 is 1.28 bits per heavy atom. The van der Waals surface area contributed by atoms with E-state index >= 15 is 0 Å². The number of nitrogens with zero attached hydrogens (tertiary/aromatic N) is 3. The second kappa shape index (κ2) is 8.11. The molecule has 0 atom stereocenters. The third-order valence-corrected chi connectivity index (χ3v) is 3.51. The minimum Gasteiger partial charge on any atom is -0.384 e. The van der Waals surface area contributed by atoms with Gasteiger partial charge in [-0.2, -0.15) is 18.2 Å². The van der Waals surface area contributed by atoms with E-state index < -0.39 is 12.1 Å². The molecule has 6 nitrogen and oxygen atoms in total. The maximum atomic E-state index is 12.5. The van der Waals surface area contributed by atoms with Gasteiger partial charge in [0.05, 0.1) is 13.0 Å². The van der Waals surface area contributed by atoms with Crippen molar-refractivity contribution < 1.29 is 27.2 Å². The predicted molar refractivity (Wildman–Crippen MR) is 82.3 cm³/mol. The van der Waals surface area contributed by atoms with Crippen molar-refractivity contribution in [3.05, 3.63) is 35.7 Å². The lowest BCUT2D eigenvalue weighted by Gasteiger charge is -2.21. The Labute approximate surface area is 142 Å². The van der Waals surface area contributed by atoms with E-state index in [2.05, 4.69) is 14.7 Å². The summed E-state index contributed by atoms with van der Waals surface area (Å²) >= 11 is 0. The molecule has 0 aliphatic heterocycles. The molecule has 0 saturated carbocycles. The van der Waals surface area contributed by atoms with Crippen LogP contribution in [0.2, 0.25) is 0 Å². The minimum absolute atomic E-state index is 0.0265. The van der Waals surface area contributed by atoms with Crippen LogP contribution in [0.5, 0.6) is 0 Å². The van der Waals surface area contributed by atoms with Crippen molar-refractivity contribution in [3.63, 3.8) is 0 Å². The molecule has 9 heteroatoms. The molecule has 136 valence electrons. The van der Waals surface area contributed by atoms with Gasteiger partial charge in [-0.15, -0.1) is 0 Å². The summed E-state index contributed by atoms with van der Waals surface area (Å²) in [5, 5.41) is 3.34. The van der Waals surface area contributed by atoms with Crippen molar-refractivity contribution in [1.29, 1.82) is 0 Å². The van der Waals surface area contributed by atoms with Gasteiger partial charge < -0.3 is 14.2 Å². The highest BCUT2D eigenvalue weighted by Crippen LogP contribution is 2.29. The first-order valence-electron chi connectivity index (χ1n) is 7.62. The Morgan fingerprint density at radius 2 is 1.96 bits per heavy atom. The van der Waals surface area contributed by atoms with Gasteiger partial charge in [0.15, 0.2) is 0 Å². The second-order valence-electron chi connectivity index (χ2n) is 5.27. The lowest BCUT2D eigenvalue weighted by atomic mass is 10.1. The first-order chi connectivity index (χ1) is 11.8. The zero-order chi connectivity index (χ0) is 18.4. The average Bonchev–Trinajstić information content (AvgIpc) is 3.08. The number of amides is 1. The zero-order valence-electron chi connectivity index (χ0n) is 13.8. The topological polar surface area (TPSA) is 68.5 Å². The first-order valence-corrected chi connectivity index (χ1v) is 7.62. The van der Waals surface area contributed by atoms with Gasteiger partial charge in [-0.3, -0.25) is 4.79 Å². The molecule has 0 aliphatic carbocycles. The minimum atomic E-state index is -4.67. The number of benzene rings is 1. The number of hydrogen-bond donors (Lipinski definition) is 0. The molecule has 0 unspecified atom stereocenters. The largest absolute Gasteiger partial charge is 0.471 e. The van der Waals surface area contributed by atoms with Crippen LogP contribution in [-0.2, 0) is 22.3 Å². The van der Waals surface area contributed by atoms with Gasteiger partial charge in [-0.05, 0) is 12.5 Å². The highest BCUT2D eigenvalue weighted by Gasteiger charge is 2.38. The lowest BCUT2D eigenvalue weighted by Crippen LogP contribution is -2.30. The van der Waals surface area contributed by atoms with E-state index in [0.29, 0.717) is 31.7 Å². The number of methoxy groups -OCH3 is 1. The van der Waals surface area contributed by atoms with Crippen LogP contribution in [0.25, 0.3) is 11.4 Å². The van der Waals surface area contributed by atoms with E-state index in [0.717, 1.165) is 5.56 Å². The van der Waals surface area contributed by atoms with E-state index in [1.807, 2.05) is 6.92 Å². The van der Waals surface area contributed by atoms with Gasteiger partial charge >= 0.3 is 12.1 Å². The summed E-state index contributed by atoms with van der Waals surface area (Å²) in [5.41, 5.74) is 1.24. The number of alkyl halides is 3. The summed E-state index contributed by atoms with van der Waals surface area (Å²) < 4.78 is 46.6. The summed E-state index contributed by atoms with van der Waals surface area (Å²) in [6.07, 6.45) is -4.37. The fraction of sp³-hybridized carbons (Fsp3) is 0.438. The Balaban J connectivity index is 2.06. The quantitative estimate of drug-likeness (QED) is 0.761. The summed E-state index contributed by atoms with van der Waals surface area (Å²) in [5.74, 6) is -1.55. The summed E-state index contributed by atoms with van der Waals surface area (Å²) in [6.45, 7) is 3.17. The lowest BCUT2D eigenvalue weighted by molar-refractivity contribution is -0.159. The molecule has 1 aromatic heterocycles. The number of carbonyl (C=O) groups is 1. The molecular formula is C16H18F3N3O3. The van der Waals surface area contributed by atoms with Crippen LogP contribution in [0.1, 0.15) is 24.8 Å². The van der Waals surface area contributed by atoms with Gasteiger partial charge in [0.25, 0.3) is 0 Å².